The maximum atomic E-state index is 12.8. The number of benzene rings is 1. The molecule has 166 valence electrons. The minimum absolute atomic E-state index is 0.200. The van der Waals surface area contributed by atoms with Gasteiger partial charge in [0.05, 0.1) is 28.5 Å². The molecule has 1 saturated heterocycles. The highest BCUT2D eigenvalue weighted by atomic mass is 19.4. The molecule has 2 N–H and O–H groups in total. The van der Waals surface area contributed by atoms with E-state index < -0.39 is 17.6 Å². The van der Waals surface area contributed by atoms with E-state index in [1.807, 2.05) is 11.5 Å². The second kappa shape index (κ2) is 9.42. The summed E-state index contributed by atoms with van der Waals surface area (Å²) in [6.45, 7) is 5.94. The number of imidazole rings is 1. The third-order valence-electron chi connectivity index (χ3n) is 5.00. The lowest BCUT2D eigenvalue weighted by Gasteiger charge is -2.09. The third kappa shape index (κ3) is 5.57. The number of aryl methyl sites for hydroxylation is 2. The molecule has 1 atom stereocenters. The molecule has 0 aliphatic carbocycles. The number of hydrogen-bond donors (Lipinski definition) is 1. The molecule has 1 amide bonds. The maximum absolute atomic E-state index is 12.8. The van der Waals surface area contributed by atoms with Crippen LogP contribution in [-0.2, 0) is 23.9 Å². The van der Waals surface area contributed by atoms with Crippen molar-refractivity contribution in [3.8, 4) is 0 Å². The highest BCUT2D eigenvalue weighted by molar-refractivity contribution is 5.90. The van der Waals surface area contributed by atoms with Gasteiger partial charge in [-0.25, -0.2) is 9.97 Å². The Morgan fingerprint density at radius 2 is 2.06 bits per heavy atom. The first-order valence-corrected chi connectivity index (χ1v) is 9.91. The van der Waals surface area contributed by atoms with Crippen molar-refractivity contribution >= 4 is 16.9 Å². The number of alkyl halides is 3. The molecule has 7 nitrogen and oxygen atoms in total. The first-order chi connectivity index (χ1) is 14.7. The predicted octanol–water partition coefficient (Wildman–Crippen LogP) is 3.54. The highest BCUT2D eigenvalue weighted by Crippen LogP contribution is 2.32. The lowest BCUT2D eigenvalue weighted by atomic mass is 10.1. The van der Waals surface area contributed by atoms with Gasteiger partial charge in [-0.3, -0.25) is 9.78 Å². The number of nitrogens with zero attached hydrogens (tertiary/aromatic N) is 4. The first kappa shape index (κ1) is 22.7. The summed E-state index contributed by atoms with van der Waals surface area (Å²) < 4.78 is 45.7. The van der Waals surface area contributed by atoms with Crippen LogP contribution in [0.4, 0.5) is 13.2 Å². The van der Waals surface area contributed by atoms with E-state index in [0.29, 0.717) is 24.6 Å². The molecular formula is C21H24F3N5O2. The number of amides is 1. The van der Waals surface area contributed by atoms with Gasteiger partial charge < -0.3 is 15.0 Å². The molecule has 1 aromatic carbocycles. The molecule has 10 heteroatoms. The highest BCUT2D eigenvalue weighted by Gasteiger charge is 2.31. The van der Waals surface area contributed by atoms with E-state index >= 15 is 0 Å². The molecule has 4 rings (SSSR count). The Kier molecular flexibility index (Phi) is 6.89. The van der Waals surface area contributed by atoms with Crippen LogP contribution in [0, 0.1) is 12.8 Å². The Balaban J connectivity index is 0.000000229. The molecule has 3 heterocycles. The van der Waals surface area contributed by atoms with Gasteiger partial charge in [0, 0.05) is 32.4 Å². The number of ether oxygens (including phenoxy) is 1. The molecule has 0 saturated carbocycles. The van der Waals surface area contributed by atoms with Crippen molar-refractivity contribution in [2.75, 3.05) is 13.2 Å². The molecule has 2 aromatic heterocycles. The van der Waals surface area contributed by atoms with Gasteiger partial charge in [-0.2, -0.15) is 13.2 Å². The molecule has 0 unspecified atom stereocenters. The van der Waals surface area contributed by atoms with Crippen molar-refractivity contribution in [3.05, 3.63) is 53.4 Å². The standard InChI is InChI=1S/C15H17F3N2O.C6H7N3O/c1-2-20-13-4-3-11(15(16,17)18)8-12(13)19-14(20)7-10-5-6-21-9-10;1-4-2-9-5(3-8-4)6(7)10/h3-4,8,10H,2,5-7,9H2,1H3;2-3H,1H3,(H2,7,10)/t10-;/m0./s1. The van der Waals surface area contributed by atoms with E-state index in [0.717, 1.165) is 48.6 Å². The lowest BCUT2D eigenvalue weighted by Crippen LogP contribution is -2.13. The van der Waals surface area contributed by atoms with Crippen LogP contribution in [0.1, 0.15) is 40.9 Å². The van der Waals surface area contributed by atoms with Crippen molar-refractivity contribution in [1.82, 2.24) is 19.5 Å². The van der Waals surface area contributed by atoms with E-state index in [1.54, 1.807) is 6.92 Å². The van der Waals surface area contributed by atoms with E-state index in [-0.39, 0.29) is 5.69 Å². The van der Waals surface area contributed by atoms with E-state index in [4.69, 9.17) is 10.5 Å². The van der Waals surface area contributed by atoms with Crippen LogP contribution in [0.2, 0.25) is 0 Å². The quantitative estimate of drug-likeness (QED) is 0.676. The summed E-state index contributed by atoms with van der Waals surface area (Å²) >= 11 is 0. The summed E-state index contributed by atoms with van der Waals surface area (Å²) in [6.07, 6.45) is 0.270. The van der Waals surface area contributed by atoms with Gasteiger partial charge in [0.2, 0.25) is 0 Å². The molecule has 0 bridgehead atoms. The monoisotopic (exact) mass is 435 g/mol. The fraction of sp³-hybridized carbons (Fsp3) is 0.429. The molecule has 3 aromatic rings. The van der Waals surface area contributed by atoms with Gasteiger partial charge in [0.1, 0.15) is 11.5 Å². The third-order valence-corrected chi connectivity index (χ3v) is 5.00. The minimum Gasteiger partial charge on any atom is -0.381 e. The number of carbonyl (C=O) groups is 1. The zero-order valence-electron chi connectivity index (χ0n) is 17.3. The Labute approximate surface area is 177 Å². The Morgan fingerprint density at radius 1 is 1.29 bits per heavy atom. The number of rotatable bonds is 4. The zero-order chi connectivity index (χ0) is 22.6. The number of halogens is 3. The van der Waals surface area contributed by atoms with Gasteiger partial charge in [-0.05, 0) is 44.4 Å². The zero-order valence-corrected chi connectivity index (χ0v) is 17.3. The van der Waals surface area contributed by atoms with Crippen LogP contribution in [0.5, 0.6) is 0 Å². The van der Waals surface area contributed by atoms with Gasteiger partial charge in [-0.1, -0.05) is 0 Å². The number of aromatic nitrogens is 4. The number of carbonyl (C=O) groups excluding carboxylic acids is 1. The van der Waals surface area contributed by atoms with Crippen LogP contribution < -0.4 is 5.73 Å². The van der Waals surface area contributed by atoms with Crippen LogP contribution in [0.3, 0.4) is 0 Å². The second-order valence-electron chi connectivity index (χ2n) is 7.31. The molecule has 31 heavy (non-hydrogen) atoms. The summed E-state index contributed by atoms with van der Waals surface area (Å²) in [4.78, 5) is 22.4. The van der Waals surface area contributed by atoms with Crippen LogP contribution in [0.25, 0.3) is 11.0 Å². The second-order valence-corrected chi connectivity index (χ2v) is 7.31. The number of hydrogen-bond acceptors (Lipinski definition) is 5. The lowest BCUT2D eigenvalue weighted by molar-refractivity contribution is -0.137. The van der Waals surface area contributed by atoms with Crippen LogP contribution in [-0.4, -0.2) is 38.6 Å². The topological polar surface area (TPSA) is 95.9 Å². The van der Waals surface area contributed by atoms with Gasteiger partial charge in [0.15, 0.2) is 0 Å². The van der Waals surface area contributed by atoms with Crippen LogP contribution >= 0.6 is 0 Å². The fourth-order valence-electron chi connectivity index (χ4n) is 3.39. The smallest absolute Gasteiger partial charge is 0.381 e. The Hall–Kier alpha value is -3.01. The number of primary amides is 1. The molecule has 0 spiro atoms. The molecular weight excluding hydrogens is 411 g/mol. The largest absolute Gasteiger partial charge is 0.416 e. The van der Waals surface area contributed by atoms with Gasteiger partial charge in [0.25, 0.3) is 5.91 Å². The van der Waals surface area contributed by atoms with E-state index in [9.17, 15) is 18.0 Å². The maximum Gasteiger partial charge on any atom is 0.416 e. The fourth-order valence-corrected chi connectivity index (χ4v) is 3.39. The normalized spacial score (nSPS) is 16.2. The van der Waals surface area contributed by atoms with E-state index in [2.05, 4.69) is 15.0 Å². The molecule has 1 fully saturated rings. The van der Waals surface area contributed by atoms with E-state index in [1.165, 1.54) is 18.5 Å². The van der Waals surface area contributed by atoms with Crippen LogP contribution in [0.15, 0.2) is 30.6 Å². The summed E-state index contributed by atoms with van der Waals surface area (Å²) in [6, 6.07) is 3.78. The summed E-state index contributed by atoms with van der Waals surface area (Å²) in [7, 11) is 0. The van der Waals surface area contributed by atoms with Crippen molar-refractivity contribution in [1.29, 1.82) is 0 Å². The summed E-state index contributed by atoms with van der Waals surface area (Å²) in [5.74, 6) is 0.712. The average Bonchev–Trinajstić information content (AvgIpc) is 3.34. The Bertz CT molecular complexity index is 1040. The number of fused-ring (bicyclic) bond motifs is 1. The number of nitrogens with two attached hydrogens (primary N) is 1. The van der Waals surface area contributed by atoms with Crippen molar-refractivity contribution in [2.24, 2.45) is 11.7 Å². The first-order valence-electron chi connectivity index (χ1n) is 9.91. The van der Waals surface area contributed by atoms with Gasteiger partial charge >= 0.3 is 6.18 Å². The SMILES string of the molecule is CCn1c(C[C@@H]2CCOC2)nc2cc(C(F)(F)F)ccc21.Cc1cnc(C(N)=O)cn1. The molecule has 1 aliphatic heterocycles. The predicted molar refractivity (Wildman–Crippen MR) is 108 cm³/mol. The van der Waals surface area contributed by atoms with Crippen molar-refractivity contribution in [2.45, 2.75) is 39.4 Å². The Morgan fingerprint density at radius 3 is 2.61 bits per heavy atom. The van der Waals surface area contributed by atoms with Gasteiger partial charge in [-0.15, -0.1) is 0 Å². The average molecular weight is 435 g/mol. The summed E-state index contributed by atoms with van der Waals surface area (Å²) in [5.41, 5.74) is 6.42. The molecule has 0 radical (unpaired) electrons. The summed E-state index contributed by atoms with van der Waals surface area (Å²) in [5, 5.41) is 0. The van der Waals surface area contributed by atoms with Crippen molar-refractivity contribution in [3.63, 3.8) is 0 Å². The minimum atomic E-state index is -4.33. The molecule has 1 aliphatic rings. The van der Waals surface area contributed by atoms with Crippen molar-refractivity contribution < 1.29 is 22.7 Å².